The molecule has 4 aromatic rings. The molecule has 3 fully saturated rings. The van der Waals surface area contributed by atoms with Crippen LogP contribution in [0.1, 0.15) is 40.4 Å². The zero-order valence-corrected chi connectivity index (χ0v) is 22.7. The first-order valence-corrected chi connectivity index (χ1v) is 14.1. The summed E-state index contributed by atoms with van der Waals surface area (Å²) in [6.45, 7) is 0.929. The first-order chi connectivity index (χ1) is 19.0. The molecular weight excluding hydrogens is 567 g/mol. The third kappa shape index (κ3) is 4.69. The number of hydrogen-bond acceptors (Lipinski definition) is 9. The van der Waals surface area contributed by atoms with Gasteiger partial charge < -0.3 is 28.6 Å². The van der Waals surface area contributed by atoms with E-state index in [1.165, 1.54) is 17.4 Å². The lowest BCUT2D eigenvalue weighted by Crippen LogP contribution is -2.35. The maximum absolute atomic E-state index is 11.3. The van der Waals surface area contributed by atoms with Crippen LogP contribution >= 0.6 is 34.5 Å². The van der Waals surface area contributed by atoms with Crippen molar-refractivity contribution in [2.24, 2.45) is 0 Å². The van der Waals surface area contributed by atoms with Crippen molar-refractivity contribution in [3.63, 3.8) is 0 Å². The molecule has 1 aliphatic carbocycles. The Bertz CT molecular complexity index is 1550. The monoisotopic (exact) mass is 588 g/mol. The van der Waals surface area contributed by atoms with Gasteiger partial charge in [-0.15, -0.1) is 0 Å². The largest absolute Gasteiger partial charge is 0.478 e. The number of aromatic nitrogens is 2. The number of aromatic carboxylic acids is 1. The maximum Gasteiger partial charge on any atom is 0.335 e. The van der Waals surface area contributed by atoms with E-state index in [1.54, 1.807) is 30.3 Å². The summed E-state index contributed by atoms with van der Waals surface area (Å²) >= 11 is 14.3. The predicted octanol–water partition coefficient (Wildman–Crippen LogP) is 5.96. The van der Waals surface area contributed by atoms with E-state index >= 15 is 0 Å². The maximum atomic E-state index is 11.3. The van der Waals surface area contributed by atoms with Gasteiger partial charge in [-0.3, -0.25) is 0 Å². The van der Waals surface area contributed by atoms with Gasteiger partial charge in [-0.1, -0.05) is 45.8 Å². The fraction of sp³-hybridized carbons (Fsp3) is 0.370. The molecule has 2 aliphatic heterocycles. The molecule has 4 heterocycles. The highest BCUT2D eigenvalue weighted by atomic mass is 35.5. The van der Waals surface area contributed by atoms with Crippen molar-refractivity contribution in [3.8, 4) is 16.5 Å². The van der Waals surface area contributed by atoms with E-state index in [-0.39, 0.29) is 36.6 Å². The van der Waals surface area contributed by atoms with E-state index in [1.807, 2.05) is 0 Å². The van der Waals surface area contributed by atoms with Crippen molar-refractivity contribution < 1.29 is 33.4 Å². The molecule has 2 aromatic heterocycles. The summed E-state index contributed by atoms with van der Waals surface area (Å²) in [5.41, 5.74) is 2.96. The normalized spacial score (nSPS) is 24.4. The van der Waals surface area contributed by atoms with Crippen LogP contribution in [-0.4, -0.2) is 58.8 Å². The molecule has 0 spiro atoms. The Labute approximate surface area is 236 Å². The van der Waals surface area contributed by atoms with Crippen molar-refractivity contribution in [1.82, 2.24) is 10.1 Å². The van der Waals surface area contributed by atoms with Crippen molar-refractivity contribution in [2.75, 3.05) is 13.2 Å². The number of carbonyl (C=O) groups is 1. The molecule has 12 heteroatoms. The summed E-state index contributed by atoms with van der Waals surface area (Å²) in [4.78, 5) is 15.8. The van der Waals surface area contributed by atoms with Crippen LogP contribution in [0.2, 0.25) is 10.0 Å². The molecule has 3 aliphatic rings. The van der Waals surface area contributed by atoms with E-state index in [0.29, 0.717) is 51.1 Å². The van der Waals surface area contributed by atoms with Gasteiger partial charge >= 0.3 is 5.97 Å². The Morgan fingerprint density at radius 2 is 1.82 bits per heavy atom. The minimum Gasteiger partial charge on any atom is -0.478 e. The molecule has 0 amide bonds. The van der Waals surface area contributed by atoms with Gasteiger partial charge in [0.2, 0.25) is 0 Å². The van der Waals surface area contributed by atoms with Gasteiger partial charge in [-0.25, -0.2) is 9.78 Å². The van der Waals surface area contributed by atoms with Gasteiger partial charge in [-0.2, -0.15) is 0 Å². The fourth-order valence-electron chi connectivity index (χ4n) is 5.13. The van der Waals surface area contributed by atoms with Gasteiger partial charge in [0.1, 0.15) is 29.8 Å². The first kappa shape index (κ1) is 25.3. The molecule has 7 rings (SSSR count). The molecule has 39 heavy (non-hydrogen) atoms. The molecule has 202 valence electrons. The lowest BCUT2D eigenvalue weighted by molar-refractivity contribution is -0.0428. The second-order valence-corrected chi connectivity index (χ2v) is 11.6. The van der Waals surface area contributed by atoms with Crippen LogP contribution in [0.5, 0.6) is 5.19 Å². The van der Waals surface area contributed by atoms with Crippen LogP contribution < -0.4 is 4.74 Å². The van der Waals surface area contributed by atoms with Crippen LogP contribution in [0.3, 0.4) is 0 Å². The summed E-state index contributed by atoms with van der Waals surface area (Å²) in [6, 6.07) is 10.1. The third-order valence-electron chi connectivity index (χ3n) is 7.24. The Balaban J connectivity index is 1.05. The second-order valence-electron chi connectivity index (χ2n) is 9.81. The van der Waals surface area contributed by atoms with Crippen LogP contribution in [0, 0.1) is 0 Å². The molecule has 0 radical (unpaired) electrons. The molecular formula is C27H22Cl2N2O7S. The highest BCUT2D eigenvalue weighted by Crippen LogP contribution is 2.46. The smallest absolute Gasteiger partial charge is 0.335 e. The summed E-state index contributed by atoms with van der Waals surface area (Å²) in [5.74, 6) is 0.147. The Morgan fingerprint density at radius 1 is 1.08 bits per heavy atom. The number of carboxylic acid groups (broad SMARTS) is 1. The minimum absolute atomic E-state index is 0.207. The van der Waals surface area contributed by atoms with Crippen LogP contribution in [0.4, 0.5) is 0 Å². The van der Waals surface area contributed by atoms with E-state index in [4.69, 9.17) is 46.7 Å². The Morgan fingerprint density at radius 3 is 2.56 bits per heavy atom. The predicted molar refractivity (Wildman–Crippen MR) is 143 cm³/mol. The number of fused-ring (bicyclic) bond motifs is 2. The summed E-state index contributed by atoms with van der Waals surface area (Å²) in [7, 11) is 0. The lowest BCUT2D eigenvalue weighted by Gasteiger charge is -2.17. The SMILES string of the molecule is O=C(O)c1ccc2nc(OC3CO[C@@H]4C(OCc5c(-c6c(Cl)cccc6Cl)noc5C5CC5)CO[C@H]34)sc2c1. The van der Waals surface area contributed by atoms with Crippen molar-refractivity contribution in [2.45, 2.75) is 49.8 Å². The summed E-state index contributed by atoms with van der Waals surface area (Å²) in [6.07, 6.45) is 0.784. The van der Waals surface area contributed by atoms with Crippen LogP contribution in [0.15, 0.2) is 40.9 Å². The standard InChI is InChI=1S/C27H22Cl2N2O7S/c28-15-2-1-3-16(29)21(15)22-14(23(38-31-22)12-4-5-12)9-34-18-10-35-25-19(11-36-24(18)25)37-27-30-17-7-6-13(26(32)33)8-20(17)39-27/h1-3,6-8,12,18-19,24-25H,4-5,9-11H2,(H,32,33)/t18?,19?,24-,25-/m1/s1. The van der Waals surface area contributed by atoms with E-state index < -0.39 is 5.97 Å². The van der Waals surface area contributed by atoms with Gasteiger partial charge in [0.15, 0.2) is 6.10 Å². The number of thiazole rings is 1. The Hall–Kier alpha value is -2.73. The van der Waals surface area contributed by atoms with Crippen molar-refractivity contribution in [1.29, 1.82) is 0 Å². The molecule has 2 unspecified atom stereocenters. The second kappa shape index (κ2) is 10.0. The number of benzene rings is 2. The molecule has 1 saturated carbocycles. The van der Waals surface area contributed by atoms with Gasteiger partial charge in [0, 0.05) is 17.0 Å². The number of halogens is 2. The topological polar surface area (TPSA) is 113 Å². The minimum atomic E-state index is -0.984. The van der Waals surface area contributed by atoms with Gasteiger partial charge in [0.25, 0.3) is 5.19 Å². The first-order valence-electron chi connectivity index (χ1n) is 12.5. The molecule has 2 saturated heterocycles. The summed E-state index contributed by atoms with van der Waals surface area (Å²) in [5, 5.41) is 15.0. The zero-order chi connectivity index (χ0) is 26.7. The van der Waals surface area contributed by atoms with Gasteiger partial charge in [0.05, 0.1) is 45.6 Å². The number of ether oxygens (including phenoxy) is 4. The highest BCUT2D eigenvalue weighted by molar-refractivity contribution is 7.20. The number of carboxylic acids is 1. The summed E-state index contributed by atoms with van der Waals surface area (Å²) < 4.78 is 31.1. The molecule has 4 atom stereocenters. The third-order valence-corrected chi connectivity index (χ3v) is 8.78. The fourth-order valence-corrected chi connectivity index (χ4v) is 6.61. The number of rotatable bonds is 8. The number of hydrogen-bond donors (Lipinski definition) is 1. The van der Waals surface area contributed by atoms with E-state index in [0.717, 1.165) is 28.9 Å². The molecule has 1 N–H and O–H groups in total. The molecule has 0 bridgehead atoms. The number of nitrogens with zero attached hydrogens (tertiary/aromatic N) is 2. The quantitative estimate of drug-likeness (QED) is 0.266. The van der Waals surface area contributed by atoms with E-state index in [9.17, 15) is 9.90 Å². The van der Waals surface area contributed by atoms with E-state index in [2.05, 4.69) is 10.1 Å². The Kier molecular flexibility index (Phi) is 6.49. The average molecular weight is 589 g/mol. The molecule has 2 aromatic carbocycles. The zero-order valence-electron chi connectivity index (χ0n) is 20.3. The van der Waals surface area contributed by atoms with Crippen LogP contribution in [-0.2, 0) is 20.8 Å². The van der Waals surface area contributed by atoms with Crippen molar-refractivity contribution >= 4 is 50.7 Å². The highest BCUT2D eigenvalue weighted by Gasteiger charge is 2.50. The van der Waals surface area contributed by atoms with Crippen LogP contribution in [0.25, 0.3) is 21.5 Å². The lowest BCUT2D eigenvalue weighted by atomic mass is 10.0. The van der Waals surface area contributed by atoms with Gasteiger partial charge in [-0.05, 0) is 43.2 Å². The van der Waals surface area contributed by atoms with Crippen molar-refractivity contribution in [3.05, 3.63) is 63.3 Å². The molecule has 9 nitrogen and oxygen atoms in total. The average Bonchev–Trinajstić information content (AvgIpc) is 3.23.